The molecule has 4 heteroatoms. The lowest BCUT2D eigenvalue weighted by Crippen LogP contribution is -1.86. The first-order chi connectivity index (χ1) is 7.77. The summed E-state index contributed by atoms with van der Waals surface area (Å²) in [5, 5.41) is 1.95. The van der Waals surface area contributed by atoms with Crippen molar-refractivity contribution in [3.63, 3.8) is 0 Å². The van der Waals surface area contributed by atoms with Crippen LogP contribution >= 0.6 is 11.3 Å². The van der Waals surface area contributed by atoms with Crippen molar-refractivity contribution in [2.75, 3.05) is 5.73 Å². The number of hydrogen-bond acceptors (Lipinski definition) is 3. The summed E-state index contributed by atoms with van der Waals surface area (Å²) in [7, 11) is 0. The molecular weight excluding hydrogens is 218 g/mol. The van der Waals surface area contributed by atoms with Crippen molar-refractivity contribution in [1.29, 1.82) is 0 Å². The lowest BCUT2D eigenvalue weighted by molar-refractivity contribution is 1.29. The summed E-state index contributed by atoms with van der Waals surface area (Å²) in [6, 6.07) is 8.20. The fourth-order valence-electron chi connectivity index (χ4n) is 2.02. The van der Waals surface area contributed by atoms with Gasteiger partial charge >= 0.3 is 0 Å². The van der Waals surface area contributed by atoms with E-state index in [9.17, 15) is 0 Å². The van der Waals surface area contributed by atoms with Crippen LogP contribution in [-0.4, -0.2) is 9.97 Å². The number of fused-ring (bicyclic) bond motifs is 1. The highest BCUT2D eigenvalue weighted by Crippen LogP contribution is 2.35. The molecule has 0 spiro atoms. The quantitative estimate of drug-likeness (QED) is 0.673. The summed E-state index contributed by atoms with van der Waals surface area (Å²) in [6.45, 7) is 2.05. The minimum absolute atomic E-state index is 0.771. The van der Waals surface area contributed by atoms with Crippen LogP contribution in [-0.2, 0) is 0 Å². The van der Waals surface area contributed by atoms with Crippen molar-refractivity contribution in [3.8, 4) is 11.3 Å². The number of nitrogen functional groups attached to an aromatic ring is 1. The molecule has 0 aliphatic carbocycles. The molecule has 16 heavy (non-hydrogen) atoms. The summed E-state index contributed by atoms with van der Waals surface area (Å²) in [5.41, 5.74) is 12.0. The molecule has 0 unspecified atom stereocenters. The third kappa shape index (κ3) is 1.23. The van der Waals surface area contributed by atoms with Crippen LogP contribution in [0.5, 0.6) is 0 Å². The normalized spacial score (nSPS) is 11.1. The van der Waals surface area contributed by atoms with Crippen LogP contribution in [0.15, 0.2) is 29.8 Å². The Hall–Kier alpha value is -1.81. The molecule has 0 saturated heterocycles. The summed E-state index contributed by atoms with van der Waals surface area (Å²) in [5.74, 6) is 0. The number of nitrogens with one attached hydrogen (secondary N) is 1. The van der Waals surface area contributed by atoms with Gasteiger partial charge in [-0.3, -0.25) is 0 Å². The Morgan fingerprint density at radius 3 is 2.88 bits per heavy atom. The summed E-state index contributed by atoms with van der Waals surface area (Å²) in [4.78, 5) is 7.69. The Morgan fingerprint density at radius 1 is 1.31 bits per heavy atom. The molecular formula is C12H11N3S. The van der Waals surface area contributed by atoms with E-state index in [1.165, 1.54) is 16.7 Å². The largest absolute Gasteiger partial charge is 0.389 e. The van der Waals surface area contributed by atoms with E-state index in [4.69, 9.17) is 5.73 Å². The third-order valence-corrected chi connectivity index (χ3v) is 3.38. The molecule has 80 valence electrons. The van der Waals surface area contributed by atoms with E-state index < -0.39 is 0 Å². The van der Waals surface area contributed by atoms with E-state index in [0.717, 1.165) is 27.5 Å². The van der Waals surface area contributed by atoms with Gasteiger partial charge in [-0.05, 0) is 13.0 Å². The maximum atomic E-state index is 5.93. The number of aromatic nitrogens is 2. The van der Waals surface area contributed by atoms with Crippen LogP contribution < -0.4 is 5.73 Å². The molecule has 0 atom stereocenters. The Balaban J connectivity index is 2.39. The fraction of sp³-hybridized carbons (Fsp3) is 0.0833. The standard InChI is InChI=1S/C12H11N3S/c1-7-10(11-12(13)16-6-14-11)8-4-2-3-5-9(8)15-7/h2-6,15H,13H2,1H3. The predicted molar refractivity (Wildman–Crippen MR) is 68.6 cm³/mol. The van der Waals surface area contributed by atoms with E-state index in [2.05, 4.69) is 22.1 Å². The first kappa shape index (κ1) is 9.42. The smallest absolute Gasteiger partial charge is 0.114 e. The number of nitrogens with zero attached hydrogens (tertiary/aromatic N) is 1. The average molecular weight is 229 g/mol. The van der Waals surface area contributed by atoms with E-state index in [1.54, 1.807) is 5.51 Å². The van der Waals surface area contributed by atoms with Gasteiger partial charge in [0, 0.05) is 22.2 Å². The molecule has 0 bridgehead atoms. The highest BCUT2D eigenvalue weighted by molar-refractivity contribution is 7.14. The van der Waals surface area contributed by atoms with Crippen LogP contribution in [0, 0.1) is 6.92 Å². The Labute approximate surface area is 96.9 Å². The molecule has 0 saturated carbocycles. The topological polar surface area (TPSA) is 54.7 Å². The Kier molecular flexibility index (Phi) is 1.97. The first-order valence-corrected chi connectivity index (χ1v) is 5.92. The lowest BCUT2D eigenvalue weighted by atomic mass is 10.1. The number of nitrogens with two attached hydrogens (primary N) is 1. The van der Waals surface area contributed by atoms with Crippen molar-refractivity contribution in [1.82, 2.24) is 9.97 Å². The van der Waals surface area contributed by atoms with Gasteiger partial charge in [0.05, 0.1) is 5.51 Å². The number of aryl methyl sites for hydroxylation is 1. The zero-order valence-electron chi connectivity index (χ0n) is 8.82. The highest BCUT2D eigenvalue weighted by atomic mass is 32.1. The second kappa shape index (κ2) is 3.35. The van der Waals surface area contributed by atoms with Gasteiger partial charge in [-0.1, -0.05) is 18.2 Å². The number of thiazole rings is 1. The molecule has 0 aliphatic heterocycles. The maximum Gasteiger partial charge on any atom is 0.114 e. The molecule has 2 aromatic heterocycles. The maximum absolute atomic E-state index is 5.93. The van der Waals surface area contributed by atoms with Crippen molar-refractivity contribution in [2.45, 2.75) is 6.92 Å². The molecule has 2 heterocycles. The molecule has 3 nitrogen and oxygen atoms in total. The zero-order chi connectivity index (χ0) is 11.1. The zero-order valence-corrected chi connectivity index (χ0v) is 9.64. The minimum Gasteiger partial charge on any atom is -0.389 e. The molecule has 0 radical (unpaired) electrons. The summed E-state index contributed by atoms with van der Waals surface area (Å²) < 4.78 is 0. The van der Waals surface area contributed by atoms with Gasteiger partial charge in [-0.2, -0.15) is 0 Å². The molecule has 1 aromatic carbocycles. The Morgan fingerprint density at radius 2 is 2.12 bits per heavy atom. The van der Waals surface area contributed by atoms with Crippen molar-refractivity contribution >= 4 is 27.2 Å². The number of para-hydroxylation sites is 1. The Bertz CT molecular complexity index is 651. The fourth-order valence-corrected chi connectivity index (χ4v) is 2.56. The van der Waals surface area contributed by atoms with Gasteiger partial charge in [0.1, 0.15) is 10.7 Å². The predicted octanol–water partition coefficient (Wildman–Crippen LogP) is 3.18. The van der Waals surface area contributed by atoms with Crippen molar-refractivity contribution in [3.05, 3.63) is 35.5 Å². The molecule has 3 N–H and O–H groups in total. The second-order valence-electron chi connectivity index (χ2n) is 3.74. The number of benzene rings is 1. The van der Waals surface area contributed by atoms with Gasteiger partial charge < -0.3 is 10.7 Å². The monoisotopic (exact) mass is 229 g/mol. The van der Waals surface area contributed by atoms with Crippen LogP contribution in [0.1, 0.15) is 5.69 Å². The van der Waals surface area contributed by atoms with E-state index in [1.807, 2.05) is 19.1 Å². The van der Waals surface area contributed by atoms with E-state index in [0.29, 0.717) is 0 Å². The van der Waals surface area contributed by atoms with Crippen LogP contribution in [0.3, 0.4) is 0 Å². The number of H-pyrrole nitrogens is 1. The third-order valence-electron chi connectivity index (χ3n) is 2.73. The van der Waals surface area contributed by atoms with E-state index in [-0.39, 0.29) is 0 Å². The van der Waals surface area contributed by atoms with Crippen LogP contribution in [0.4, 0.5) is 5.00 Å². The number of aromatic amines is 1. The molecule has 3 rings (SSSR count). The lowest BCUT2D eigenvalue weighted by Gasteiger charge is -1.98. The van der Waals surface area contributed by atoms with Crippen molar-refractivity contribution < 1.29 is 0 Å². The molecule has 0 fully saturated rings. The van der Waals surface area contributed by atoms with Crippen LogP contribution in [0.2, 0.25) is 0 Å². The second-order valence-corrected chi connectivity index (χ2v) is 4.62. The van der Waals surface area contributed by atoms with Gasteiger partial charge in [0.25, 0.3) is 0 Å². The molecule has 0 aliphatic rings. The average Bonchev–Trinajstić information content (AvgIpc) is 2.81. The van der Waals surface area contributed by atoms with Crippen LogP contribution in [0.25, 0.3) is 22.2 Å². The SMILES string of the molecule is Cc1[nH]c2ccccc2c1-c1ncsc1N. The highest BCUT2D eigenvalue weighted by Gasteiger charge is 2.14. The first-order valence-electron chi connectivity index (χ1n) is 5.04. The van der Waals surface area contributed by atoms with E-state index >= 15 is 0 Å². The van der Waals surface area contributed by atoms with Gasteiger partial charge in [-0.15, -0.1) is 11.3 Å². The van der Waals surface area contributed by atoms with Gasteiger partial charge in [0.15, 0.2) is 0 Å². The number of rotatable bonds is 1. The summed E-state index contributed by atoms with van der Waals surface area (Å²) >= 11 is 1.47. The molecule has 0 amide bonds. The van der Waals surface area contributed by atoms with Crippen molar-refractivity contribution in [2.24, 2.45) is 0 Å². The number of anilines is 1. The minimum atomic E-state index is 0.771. The number of hydrogen-bond donors (Lipinski definition) is 2. The summed E-state index contributed by atoms with van der Waals surface area (Å²) in [6.07, 6.45) is 0. The molecule has 3 aromatic rings. The van der Waals surface area contributed by atoms with Gasteiger partial charge in [0.2, 0.25) is 0 Å². The van der Waals surface area contributed by atoms with Gasteiger partial charge in [-0.25, -0.2) is 4.98 Å².